The van der Waals surface area contributed by atoms with Gasteiger partial charge in [-0.05, 0) is 48.4 Å². The number of carbonyl (C=O) groups excluding carboxylic acids is 1. The van der Waals surface area contributed by atoms with E-state index in [4.69, 9.17) is 9.05 Å². The standard InChI is InChI=1S/C21H27N5O5/c1-11(2)17(16-10-12(3)13(4)30-16)23-19-20(26(29)31-24-19)22-15-9-7-8-14(18(15)27)21(28)25(5)6/h7-11,17,22H,1-6H3,(H2-,23,24,27,28,29)/p+1/t17-/m1/s1. The van der Waals surface area contributed by atoms with E-state index in [1.165, 1.54) is 11.0 Å². The highest BCUT2D eigenvalue weighted by molar-refractivity contribution is 5.98. The van der Waals surface area contributed by atoms with Crippen molar-refractivity contribution in [1.82, 2.24) is 10.1 Å². The highest BCUT2D eigenvalue weighted by atomic mass is 16.7. The molecular formula is C21H28N5O5+. The average Bonchev–Trinajstić information content (AvgIpc) is 3.22. The van der Waals surface area contributed by atoms with Crippen molar-refractivity contribution in [1.29, 1.82) is 0 Å². The van der Waals surface area contributed by atoms with Crippen LogP contribution in [0.25, 0.3) is 0 Å². The fraction of sp³-hybridized carbons (Fsp3) is 0.381. The second kappa shape index (κ2) is 8.58. The smallest absolute Gasteiger partial charge is 0.371 e. The molecule has 3 rings (SSSR count). The summed E-state index contributed by atoms with van der Waals surface area (Å²) < 4.78 is 11.0. The third-order valence-electron chi connectivity index (χ3n) is 5.03. The van der Waals surface area contributed by atoms with Crippen LogP contribution < -0.4 is 15.2 Å². The number of anilines is 3. The van der Waals surface area contributed by atoms with E-state index < -0.39 is 0 Å². The number of carbonyl (C=O) groups is 1. The average molecular weight is 430 g/mol. The zero-order valence-corrected chi connectivity index (χ0v) is 18.4. The van der Waals surface area contributed by atoms with E-state index in [2.05, 4.69) is 15.8 Å². The molecule has 166 valence electrons. The Morgan fingerprint density at radius 2 is 1.97 bits per heavy atom. The first kappa shape index (κ1) is 22.0. The number of furan rings is 1. The molecule has 0 aliphatic rings. The van der Waals surface area contributed by atoms with Gasteiger partial charge in [0.05, 0.1) is 11.6 Å². The molecule has 0 saturated heterocycles. The second-order valence-electron chi connectivity index (χ2n) is 7.95. The fourth-order valence-corrected chi connectivity index (χ4v) is 3.14. The normalized spacial score (nSPS) is 12.1. The number of nitrogens with zero attached hydrogens (tertiary/aromatic N) is 2. The molecule has 10 heteroatoms. The number of rotatable bonds is 7. The number of amides is 1. The third-order valence-corrected chi connectivity index (χ3v) is 5.03. The number of H-pyrrole nitrogens is 1. The van der Waals surface area contributed by atoms with E-state index in [-0.39, 0.29) is 51.1 Å². The number of benzene rings is 1. The molecule has 31 heavy (non-hydrogen) atoms. The number of para-hydroxylation sites is 1. The first-order valence-electron chi connectivity index (χ1n) is 9.88. The minimum Gasteiger partial charge on any atom is -0.504 e. The number of aromatic hydroxyl groups is 1. The number of aromatic amines is 1. The Morgan fingerprint density at radius 3 is 2.55 bits per heavy atom. The van der Waals surface area contributed by atoms with Gasteiger partial charge >= 0.3 is 5.82 Å². The Balaban J connectivity index is 1.94. The molecular weight excluding hydrogens is 402 g/mol. The van der Waals surface area contributed by atoms with Crippen LogP contribution in [-0.2, 0) is 0 Å². The molecule has 0 unspecified atom stereocenters. The van der Waals surface area contributed by atoms with Crippen LogP contribution in [-0.4, -0.2) is 35.2 Å². The van der Waals surface area contributed by atoms with Crippen LogP contribution in [0.1, 0.15) is 47.3 Å². The number of nitrogens with one attached hydrogen (secondary N) is 3. The Morgan fingerprint density at radius 1 is 1.26 bits per heavy atom. The monoisotopic (exact) mass is 430 g/mol. The maximum Gasteiger partial charge on any atom is 0.371 e. The fourth-order valence-electron chi connectivity index (χ4n) is 3.14. The third kappa shape index (κ3) is 4.42. The Kier molecular flexibility index (Phi) is 6.09. The van der Waals surface area contributed by atoms with Crippen molar-refractivity contribution in [2.75, 3.05) is 24.7 Å². The van der Waals surface area contributed by atoms with Crippen LogP contribution in [0.3, 0.4) is 0 Å². The first-order chi connectivity index (χ1) is 14.6. The van der Waals surface area contributed by atoms with Crippen molar-refractivity contribution in [2.24, 2.45) is 5.92 Å². The molecule has 4 N–H and O–H groups in total. The summed E-state index contributed by atoms with van der Waals surface area (Å²) in [5.41, 5.74) is 1.32. The zero-order chi connectivity index (χ0) is 22.9. The van der Waals surface area contributed by atoms with Gasteiger partial charge in [-0.1, -0.05) is 25.1 Å². The molecule has 2 aromatic heterocycles. The van der Waals surface area contributed by atoms with Crippen molar-refractivity contribution >= 4 is 23.2 Å². The summed E-state index contributed by atoms with van der Waals surface area (Å²) in [6, 6.07) is 6.36. The van der Waals surface area contributed by atoms with Crippen LogP contribution >= 0.6 is 0 Å². The summed E-state index contributed by atoms with van der Waals surface area (Å²) in [6.45, 7) is 7.90. The number of phenolic OH excluding ortho intramolecular Hbond substituents is 1. The van der Waals surface area contributed by atoms with Crippen LogP contribution in [0.4, 0.5) is 17.3 Å². The van der Waals surface area contributed by atoms with E-state index in [1.54, 1.807) is 26.2 Å². The summed E-state index contributed by atoms with van der Waals surface area (Å²) in [6.07, 6.45) is 0. The zero-order valence-electron chi connectivity index (χ0n) is 18.4. The summed E-state index contributed by atoms with van der Waals surface area (Å²) >= 11 is 0. The summed E-state index contributed by atoms with van der Waals surface area (Å²) in [5, 5.41) is 19.2. The van der Waals surface area contributed by atoms with Gasteiger partial charge in [0.2, 0.25) is 0 Å². The Labute approximate surface area is 179 Å². The number of hydrogen-bond acceptors (Lipinski definition) is 7. The van der Waals surface area contributed by atoms with E-state index in [1.807, 2.05) is 33.8 Å². The Bertz CT molecular complexity index is 1120. The van der Waals surface area contributed by atoms with Crippen molar-refractivity contribution in [2.45, 2.75) is 33.7 Å². The molecule has 0 saturated carbocycles. The minimum absolute atomic E-state index is 0.00426. The van der Waals surface area contributed by atoms with E-state index in [0.29, 0.717) is 0 Å². The van der Waals surface area contributed by atoms with Crippen molar-refractivity contribution in [3.63, 3.8) is 0 Å². The number of aryl methyl sites for hydroxylation is 2. The topological polar surface area (TPSA) is 130 Å². The van der Waals surface area contributed by atoms with E-state index >= 15 is 0 Å². The first-order valence-corrected chi connectivity index (χ1v) is 9.88. The Hall–Kier alpha value is -3.69. The van der Waals surface area contributed by atoms with Gasteiger partial charge in [0.25, 0.3) is 11.7 Å². The second-order valence-corrected chi connectivity index (χ2v) is 7.95. The molecule has 3 aromatic rings. The van der Waals surface area contributed by atoms with Gasteiger partial charge in [-0.25, -0.2) is 0 Å². The molecule has 1 amide bonds. The highest BCUT2D eigenvalue weighted by Crippen LogP contribution is 2.34. The van der Waals surface area contributed by atoms with Gasteiger partial charge in [0.15, 0.2) is 10.3 Å². The van der Waals surface area contributed by atoms with Gasteiger partial charge < -0.3 is 19.7 Å². The van der Waals surface area contributed by atoms with Gasteiger partial charge in [-0.15, -0.1) is 4.63 Å². The predicted octanol–water partition coefficient (Wildman–Crippen LogP) is 3.69. The van der Waals surface area contributed by atoms with Crippen molar-refractivity contribution in [3.05, 3.63) is 51.8 Å². The van der Waals surface area contributed by atoms with Crippen molar-refractivity contribution < 1.29 is 23.5 Å². The quantitative estimate of drug-likeness (QED) is 0.421. The molecule has 0 bridgehead atoms. The van der Waals surface area contributed by atoms with E-state index in [0.717, 1.165) is 17.1 Å². The number of phenols is 1. The number of aromatic nitrogens is 2. The lowest BCUT2D eigenvalue weighted by atomic mass is 10.0. The molecule has 0 aliphatic heterocycles. The van der Waals surface area contributed by atoms with Crippen LogP contribution in [0.5, 0.6) is 5.75 Å². The lowest BCUT2D eigenvalue weighted by Gasteiger charge is -2.19. The molecule has 0 fully saturated rings. The van der Waals surface area contributed by atoms with Crippen LogP contribution in [0, 0.1) is 24.7 Å². The lowest BCUT2D eigenvalue weighted by molar-refractivity contribution is -0.701. The van der Waals surface area contributed by atoms with Gasteiger partial charge in [0.1, 0.15) is 17.2 Å². The largest absolute Gasteiger partial charge is 0.504 e. The highest BCUT2D eigenvalue weighted by Gasteiger charge is 2.29. The van der Waals surface area contributed by atoms with Gasteiger partial charge in [-0.2, -0.15) is 0 Å². The lowest BCUT2D eigenvalue weighted by Crippen LogP contribution is -2.22. The predicted molar refractivity (Wildman–Crippen MR) is 115 cm³/mol. The van der Waals surface area contributed by atoms with Gasteiger partial charge in [0, 0.05) is 14.1 Å². The van der Waals surface area contributed by atoms with Crippen LogP contribution in [0.2, 0.25) is 0 Å². The molecule has 0 spiro atoms. The summed E-state index contributed by atoms with van der Waals surface area (Å²) in [4.78, 5) is 25.9. The van der Waals surface area contributed by atoms with E-state index in [9.17, 15) is 14.8 Å². The molecule has 1 aromatic carbocycles. The van der Waals surface area contributed by atoms with Crippen molar-refractivity contribution in [3.8, 4) is 5.75 Å². The van der Waals surface area contributed by atoms with Gasteiger partial charge in [-0.3, -0.25) is 10.1 Å². The number of hydrogen-bond donors (Lipinski definition) is 4. The van der Waals surface area contributed by atoms with Crippen LogP contribution in [0.15, 0.2) is 33.3 Å². The summed E-state index contributed by atoms with van der Waals surface area (Å²) in [5.74, 6) is 1.30. The molecule has 0 radical (unpaired) electrons. The molecule has 2 heterocycles. The maximum atomic E-state index is 12.3. The maximum absolute atomic E-state index is 12.3. The molecule has 0 aliphatic carbocycles. The molecule has 10 nitrogen and oxygen atoms in total. The summed E-state index contributed by atoms with van der Waals surface area (Å²) in [7, 11) is 3.18. The minimum atomic E-state index is -0.364. The SMILES string of the molecule is Cc1cc([C@H](Nc2[nH]o[n+](=O)c2Nc2cccc(C(=O)N(C)C)c2O)C(C)C)oc1C. The molecule has 1 atom stereocenters.